The molecule has 0 bridgehead atoms. The highest BCUT2D eigenvalue weighted by atomic mass is 28.3. The second-order valence-corrected chi connectivity index (χ2v) is 19.6. The van der Waals surface area contributed by atoms with E-state index in [2.05, 4.69) is 29.6 Å². The van der Waals surface area contributed by atoms with E-state index in [9.17, 15) is 15.2 Å². The molecule has 13 heteroatoms. The zero-order valence-electron chi connectivity index (χ0n) is 26.5. The largest absolute Gasteiger partial charge is 0.443 e. The lowest BCUT2D eigenvalue weighted by Crippen LogP contribution is -2.46. The zero-order valence-corrected chi connectivity index (χ0v) is 27.5. The molecule has 240 valence electrons. The number of nitriles is 1. The first-order chi connectivity index (χ1) is 20.9. The number of aromatic nitrogens is 4. The number of imidazole rings is 1. The monoisotopic (exact) mass is 641 g/mol. The maximum atomic E-state index is 15.6. The van der Waals surface area contributed by atoms with Crippen LogP contribution in [0.25, 0.3) is 22.1 Å². The molecule has 45 heavy (non-hydrogen) atoms. The molecule has 1 fully saturated rings. The van der Waals surface area contributed by atoms with Gasteiger partial charge < -0.3 is 14.6 Å². The molecule has 0 saturated heterocycles. The van der Waals surface area contributed by atoms with Crippen molar-refractivity contribution in [2.75, 3.05) is 6.61 Å². The molecule has 0 amide bonds. The summed E-state index contributed by atoms with van der Waals surface area (Å²) >= 11 is 0. The van der Waals surface area contributed by atoms with Crippen molar-refractivity contribution >= 4 is 36.2 Å². The lowest BCUT2D eigenvalue weighted by molar-refractivity contribution is -0.252. The summed E-state index contributed by atoms with van der Waals surface area (Å²) in [5.74, 6) is -0.936. The van der Waals surface area contributed by atoms with E-state index in [1.54, 1.807) is 33.8 Å². The number of benzene rings is 1. The summed E-state index contributed by atoms with van der Waals surface area (Å²) in [5, 5.41) is 21.8. The molecule has 3 aromatic heterocycles. The minimum Gasteiger partial charge on any atom is -0.443 e. The van der Waals surface area contributed by atoms with Gasteiger partial charge in [0.05, 0.1) is 11.1 Å². The molecule has 1 unspecified atom stereocenters. The summed E-state index contributed by atoms with van der Waals surface area (Å²) in [6.07, 6.45) is -2.09. The Morgan fingerprint density at radius 1 is 1.20 bits per heavy atom. The minimum atomic E-state index is -5.26. The lowest BCUT2D eigenvalue weighted by atomic mass is 9.83. The van der Waals surface area contributed by atoms with Gasteiger partial charge in [-0.05, 0) is 75.8 Å². The minimum absolute atomic E-state index is 0.0168. The Morgan fingerprint density at radius 3 is 2.47 bits per heavy atom. The number of rotatable bonds is 8. The van der Waals surface area contributed by atoms with Crippen molar-refractivity contribution in [2.45, 2.75) is 96.2 Å². The van der Waals surface area contributed by atoms with Gasteiger partial charge in [0, 0.05) is 38.0 Å². The first-order valence-electron chi connectivity index (χ1n) is 14.9. The van der Waals surface area contributed by atoms with Crippen molar-refractivity contribution in [3.05, 3.63) is 58.7 Å². The molecular weight excluding hydrogens is 603 g/mol. The van der Waals surface area contributed by atoms with Crippen molar-refractivity contribution in [3.8, 4) is 6.07 Å². The van der Waals surface area contributed by atoms with Crippen LogP contribution in [-0.2, 0) is 21.8 Å². The van der Waals surface area contributed by atoms with Crippen LogP contribution < -0.4 is 0 Å². The van der Waals surface area contributed by atoms with E-state index >= 15 is 13.2 Å². The standard InChI is InChI=1S/C32H38F3N5O4Si/c1-19-14-23(21-8-9-21)25(22-10-11-39(26(19)22)29(41)44-30(2,3)4)31(42,32(33,34)35)28-38-24-15-20(16-36)17-37-27(24)40(28)18-43-12-13-45(5,6)7/h10-11,14-15,17,21,42H,8-9,12-13,18H2,1-7H3. The number of nitrogens with zero attached hydrogens (tertiary/aromatic N) is 5. The number of ether oxygens (including phenoxy) is 2. The van der Waals surface area contributed by atoms with Crippen molar-refractivity contribution in [1.82, 2.24) is 19.1 Å². The van der Waals surface area contributed by atoms with Crippen molar-refractivity contribution in [3.63, 3.8) is 0 Å². The zero-order chi connectivity index (χ0) is 33.1. The van der Waals surface area contributed by atoms with E-state index in [0.717, 1.165) is 10.6 Å². The third-order valence-corrected chi connectivity index (χ3v) is 9.53. The van der Waals surface area contributed by atoms with E-state index in [-0.39, 0.29) is 45.8 Å². The maximum Gasteiger partial charge on any atom is 0.428 e. The highest BCUT2D eigenvalue weighted by Crippen LogP contribution is 2.53. The van der Waals surface area contributed by atoms with Crippen LogP contribution in [0.15, 0.2) is 30.6 Å². The molecule has 1 saturated carbocycles. The summed E-state index contributed by atoms with van der Waals surface area (Å²) in [5.41, 5.74) is -3.59. The Morgan fingerprint density at radius 2 is 1.89 bits per heavy atom. The highest BCUT2D eigenvalue weighted by molar-refractivity contribution is 6.76. The molecule has 3 heterocycles. The highest BCUT2D eigenvalue weighted by Gasteiger charge is 2.61. The molecule has 1 N–H and O–H groups in total. The summed E-state index contributed by atoms with van der Waals surface area (Å²) in [6, 6.07) is 7.08. The molecule has 5 rings (SSSR count). The van der Waals surface area contributed by atoms with E-state index in [0.29, 0.717) is 30.6 Å². The van der Waals surface area contributed by atoms with Gasteiger partial charge in [0.2, 0.25) is 5.60 Å². The molecule has 9 nitrogen and oxygen atoms in total. The van der Waals surface area contributed by atoms with Gasteiger partial charge in [0.15, 0.2) is 11.5 Å². The van der Waals surface area contributed by atoms with Gasteiger partial charge in [-0.25, -0.2) is 14.8 Å². The Kier molecular flexibility index (Phi) is 8.17. The van der Waals surface area contributed by atoms with E-state index < -0.39 is 37.4 Å². The predicted molar refractivity (Wildman–Crippen MR) is 166 cm³/mol. The molecular formula is C32H38F3N5O4Si. The number of halogens is 3. The van der Waals surface area contributed by atoms with Gasteiger partial charge in [0.25, 0.3) is 0 Å². The third-order valence-electron chi connectivity index (χ3n) is 7.82. The average molecular weight is 642 g/mol. The quantitative estimate of drug-likeness (QED) is 0.158. The topological polar surface area (TPSA) is 115 Å². The molecule has 0 spiro atoms. The third kappa shape index (κ3) is 6.23. The van der Waals surface area contributed by atoms with Gasteiger partial charge in [-0.3, -0.25) is 9.13 Å². The normalized spacial score (nSPS) is 15.8. The van der Waals surface area contributed by atoms with Crippen LogP contribution in [0.2, 0.25) is 25.7 Å². The van der Waals surface area contributed by atoms with Gasteiger partial charge in [-0.1, -0.05) is 25.7 Å². The Balaban J connectivity index is 1.79. The predicted octanol–water partition coefficient (Wildman–Crippen LogP) is 7.34. The number of fused-ring (bicyclic) bond motifs is 2. The Bertz CT molecular complexity index is 1820. The molecule has 4 aromatic rings. The van der Waals surface area contributed by atoms with Crippen molar-refractivity contribution in [2.24, 2.45) is 0 Å². The fourth-order valence-electron chi connectivity index (χ4n) is 5.53. The number of aryl methyl sites for hydroxylation is 1. The van der Waals surface area contributed by atoms with Gasteiger partial charge in [0.1, 0.15) is 23.9 Å². The summed E-state index contributed by atoms with van der Waals surface area (Å²) < 4.78 is 60.7. The summed E-state index contributed by atoms with van der Waals surface area (Å²) in [6.45, 7) is 13.3. The van der Waals surface area contributed by atoms with Crippen LogP contribution in [0.1, 0.15) is 67.6 Å². The van der Waals surface area contributed by atoms with Crippen LogP contribution >= 0.6 is 0 Å². The summed E-state index contributed by atoms with van der Waals surface area (Å²) in [4.78, 5) is 21.8. The number of aliphatic hydroxyl groups is 1. The second kappa shape index (κ2) is 11.3. The molecule has 0 radical (unpaired) electrons. The van der Waals surface area contributed by atoms with E-state index in [1.165, 1.54) is 29.1 Å². The van der Waals surface area contributed by atoms with Crippen molar-refractivity contribution < 1.29 is 32.5 Å². The number of hydrogen-bond acceptors (Lipinski definition) is 7. The number of alkyl halides is 3. The number of hydrogen-bond donors (Lipinski definition) is 1. The van der Waals surface area contributed by atoms with Gasteiger partial charge in [-0.15, -0.1) is 0 Å². The average Bonchev–Trinajstić information content (AvgIpc) is 3.56. The molecule has 1 aromatic carbocycles. The number of carbonyl (C=O) groups is 1. The van der Waals surface area contributed by atoms with Crippen LogP contribution in [0.5, 0.6) is 0 Å². The van der Waals surface area contributed by atoms with Crippen LogP contribution in [0.4, 0.5) is 18.0 Å². The SMILES string of the molecule is Cc1cc(C2CC2)c(C(O)(c2nc3cc(C#N)cnc3n2COCC[Si](C)(C)C)C(F)(F)F)c2ccn(C(=O)OC(C)(C)C)c12. The molecule has 0 aliphatic heterocycles. The first kappa shape index (κ1) is 32.7. The van der Waals surface area contributed by atoms with Crippen molar-refractivity contribution in [1.29, 1.82) is 5.26 Å². The smallest absolute Gasteiger partial charge is 0.428 e. The Labute approximate surface area is 260 Å². The molecule has 1 atom stereocenters. The fourth-order valence-corrected chi connectivity index (χ4v) is 6.29. The van der Waals surface area contributed by atoms with Gasteiger partial charge >= 0.3 is 12.3 Å². The number of pyridine rings is 1. The van der Waals surface area contributed by atoms with E-state index in [4.69, 9.17) is 9.47 Å². The maximum absolute atomic E-state index is 15.6. The number of carbonyl (C=O) groups excluding carboxylic acids is 1. The van der Waals surface area contributed by atoms with Gasteiger partial charge in [-0.2, -0.15) is 18.4 Å². The molecule has 1 aliphatic rings. The van der Waals surface area contributed by atoms with Crippen LogP contribution in [0.3, 0.4) is 0 Å². The summed E-state index contributed by atoms with van der Waals surface area (Å²) in [7, 11) is -1.52. The lowest BCUT2D eigenvalue weighted by Gasteiger charge is -2.33. The Hall–Kier alpha value is -3.73. The fraction of sp³-hybridized carbons (Fsp3) is 0.500. The van der Waals surface area contributed by atoms with E-state index in [1.807, 2.05) is 6.07 Å². The van der Waals surface area contributed by atoms with Crippen LogP contribution in [-0.4, -0.2) is 56.8 Å². The second-order valence-electron chi connectivity index (χ2n) is 14.0. The first-order valence-corrected chi connectivity index (χ1v) is 18.6. The van der Waals surface area contributed by atoms with Crippen LogP contribution in [0, 0.1) is 18.3 Å². The molecule has 1 aliphatic carbocycles.